The van der Waals surface area contributed by atoms with Crippen molar-refractivity contribution in [2.45, 2.75) is 20.8 Å². The van der Waals surface area contributed by atoms with Crippen LogP contribution < -0.4 is 5.32 Å². The van der Waals surface area contributed by atoms with Gasteiger partial charge in [0.2, 0.25) is 0 Å². The van der Waals surface area contributed by atoms with E-state index in [0.717, 1.165) is 40.2 Å². The van der Waals surface area contributed by atoms with Crippen LogP contribution in [-0.4, -0.2) is 20.9 Å². The minimum atomic E-state index is 0.558. The fraction of sp³-hybridized carbons (Fsp3) is 0.222. The molecule has 0 saturated carbocycles. The molecule has 0 radical (unpaired) electrons. The second-order valence-corrected chi connectivity index (χ2v) is 5.66. The Kier molecular flexibility index (Phi) is 3.08. The van der Waals surface area contributed by atoms with Crippen molar-refractivity contribution in [3.63, 3.8) is 0 Å². The Morgan fingerprint density at radius 3 is 2.83 bits per heavy atom. The van der Waals surface area contributed by atoms with Crippen molar-refractivity contribution in [2.75, 3.05) is 11.9 Å². The summed E-state index contributed by atoms with van der Waals surface area (Å²) >= 11 is 0. The van der Waals surface area contributed by atoms with E-state index in [4.69, 9.17) is 9.40 Å². The number of hydrogen-bond acceptors (Lipinski definition) is 4. The van der Waals surface area contributed by atoms with Crippen LogP contribution in [0.25, 0.3) is 28.0 Å². The maximum absolute atomic E-state index is 5.66. The summed E-state index contributed by atoms with van der Waals surface area (Å²) in [5.41, 5.74) is 6.93. The molecule has 1 N–H and O–H groups in total. The summed E-state index contributed by atoms with van der Waals surface area (Å²) < 4.78 is 7.79. The van der Waals surface area contributed by atoms with Gasteiger partial charge in [0.1, 0.15) is 11.2 Å². The molecule has 1 aromatic carbocycles. The number of hydrogen-bond donors (Lipinski definition) is 1. The molecule has 0 aliphatic heterocycles. The highest BCUT2D eigenvalue weighted by Gasteiger charge is 2.13. The van der Waals surface area contributed by atoms with Crippen LogP contribution in [0, 0.1) is 13.8 Å². The van der Waals surface area contributed by atoms with E-state index in [1.54, 1.807) is 0 Å². The lowest BCUT2D eigenvalue weighted by Gasteiger charge is -1.99. The molecule has 116 valence electrons. The summed E-state index contributed by atoms with van der Waals surface area (Å²) in [6, 6.07) is 10.7. The van der Waals surface area contributed by atoms with Gasteiger partial charge in [-0.15, -0.1) is 0 Å². The van der Waals surface area contributed by atoms with Gasteiger partial charge in [-0.25, -0.2) is 4.98 Å². The second-order valence-electron chi connectivity index (χ2n) is 5.66. The maximum atomic E-state index is 5.66. The summed E-state index contributed by atoms with van der Waals surface area (Å²) in [6.07, 6.45) is 2.05. The number of fused-ring (bicyclic) bond motifs is 2. The van der Waals surface area contributed by atoms with E-state index in [-0.39, 0.29) is 0 Å². The zero-order valence-corrected chi connectivity index (χ0v) is 13.4. The minimum absolute atomic E-state index is 0.558. The normalized spacial score (nSPS) is 11.4. The van der Waals surface area contributed by atoms with Gasteiger partial charge >= 0.3 is 0 Å². The van der Waals surface area contributed by atoms with Crippen molar-refractivity contribution in [2.24, 2.45) is 0 Å². The molecule has 3 aromatic heterocycles. The standard InChI is InChI=1S/C18H18N4O/c1-4-19-18-20-14-10-13(7-8-15(14)23-18)16-12(3)22-9-5-6-11(2)17(22)21-16/h5-10H,4H2,1-3H3,(H,19,20). The van der Waals surface area contributed by atoms with Crippen LogP contribution in [-0.2, 0) is 0 Å². The third kappa shape index (κ3) is 2.16. The van der Waals surface area contributed by atoms with Gasteiger partial charge in [0.15, 0.2) is 5.58 Å². The number of anilines is 1. The van der Waals surface area contributed by atoms with Crippen molar-refractivity contribution < 1.29 is 4.42 Å². The van der Waals surface area contributed by atoms with Crippen LogP contribution in [0.1, 0.15) is 18.2 Å². The Hall–Kier alpha value is -2.82. The maximum Gasteiger partial charge on any atom is 0.295 e. The Morgan fingerprint density at radius 2 is 2.04 bits per heavy atom. The number of nitrogens with zero attached hydrogens (tertiary/aromatic N) is 3. The molecule has 5 nitrogen and oxygen atoms in total. The number of rotatable bonds is 3. The first-order valence-corrected chi connectivity index (χ1v) is 7.76. The van der Waals surface area contributed by atoms with E-state index < -0.39 is 0 Å². The van der Waals surface area contributed by atoms with E-state index in [1.807, 2.05) is 37.4 Å². The number of imidazole rings is 1. The van der Waals surface area contributed by atoms with Gasteiger partial charge in [-0.3, -0.25) is 0 Å². The molecular formula is C18H18N4O. The summed E-state index contributed by atoms with van der Waals surface area (Å²) in [5.74, 6) is 0. The van der Waals surface area contributed by atoms with Crippen molar-refractivity contribution in [1.29, 1.82) is 0 Å². The van der Waals surface area contributed by atoms with Crippen LogP contribution in [0.4, 0.5) is 6.01 Å². The van der Waals surface area contributed by atoms with Crippen LogP contribution >= 0.6 is 0 Å². The van der Waals surface area contributed by atoms with Crippen LogP contribution in [0.5, 0.6) is 0 Å². The largest absolute Gasteiger partial charge is 0.424 e. The predicted molar refractivity (Wildman–Crippen MR) is 91.8 cm³/mol. The molecule has 0 saturated heterocycles. The highest BCUT2D eigenvalue weighted by molar-refractivity contribution is 5.82. The van der Waals surface area contributed by atoms with Gasteiger partial charge in [0, 0.05) is 24.0 Å². The topological polar surface area (TPSA) is 55.4 Å². The molecule has 0 amide bonds. The molecule has 4 aromatic rings. The molecule has 0 atom stereocenters. The first kappa shape index (κ1) is 13.8. The number of aromatic nitrogens is 3. The van der Waals surface area contributed by atoms with Crippen LogP contribution in [0.3, 0.4) is 0 Å². The third-order valence-corrected chi connectivity index (χ3v) is 4.07. The highest BCUT2D eigenvalue weighted by Crippen LogP contribution is 2.29. The quantitative estimate of drug-likeness (QED) is 0.616. The molecule has 0 fully saturated rings. The Bertz CT molecular complexity index is 1010. The van der Waals surface area contributed by atoms with Crippen molar-refractivity contribution in [3.8, 4) is 11.3 Å². The van der Waals surface area contributed by atoms with E-state index >= 15 is 0 Å². The smallest absolute Gasteiger partial charge is 0.295 e. The van der Waals surface area contributed by atoms with Gasteiger partial charge in [-0.1, -0.05) is 6.07 Å². The van der Waals surface area contributed by atoms with Gasteiger partial charge in [-0.2, -0.15) is 4.98 Å². The fourth-order valence-corrected chi connectivity index (χ4v) is 2.90. The number of nitrogens with one attached hydrogen (secondary N) is 1. The summed E-state index contributed by atoms with van der Waals surface area (Å²) in [6.45, 7) is 6.97. The van der Waals surface area contributed by atoms with E-state index in [9.17, 15) is 0 Å². The number of benzene rings is 1. The van der Waals surface area contributed by atoms with Crippen LogP contribution in [0.2, 0.25) is 0 Å². The molecule has 0 unspecified atom stereocenters. The first-order chi connectivity index (χ1) is 11.2. The average molecular weight is 306 g/mol. The minimum Gasteiger partial charge on any atom is -0.424 e. The Balaban J connectivity index is 1.88. The SMILES string of the molecule is CCNc1nc2cc(-c3nc4c(C)cccn4c3C)ccc2o1. The average Bonchev–Trinajstić information content (AvgIpc) is 3.09. The van der Waals surface area contributed by atoms with Gasteiger partial charge in [0.05, 0.1) is 5.69 Å². The third-order valence-electron chi connectivity index (χ3n) is 4.07. The lowest BCUT2D eigenvalue weighted by atomic mass is 10.1. The van der Waals surface area contributed by atoms with E-state index in [1.165, 1.54) is 5.56 Å². The summed E-state index contributed by atoms with van der Waals surface area (Å²) in [4.78, 5) is 9.30. The van der Waals surface area contributed by atoms with Crippen molar-refractivity contribution >= 4 is 22.8 Å². The monoisotopic (exact) mass is 306 g/mol. The molecule has 0 aliphatic carbocycles. The molecule has 0 bridgehead atoms. The summed E-state index contributed by atoms with van der Waals surface area (Å²) in [5, 5.41) is 3.10. The lowest BCUT2D eigenvalue weighted by Crippen LogP contribution is -1.95. The van der Waals surface area contributed by atoms with Crippen LogP contribution in [0.15, 0.2) is 40.9 Å². The molecule has 0 aliphatic rings. The zero-order chi connectivity index (χ0) is 16.0. The molecule has 4 rings (SSSR count). The number of pyridine rings is 1. The predicted octanol–water partition coefficient (Wildman–Crippen LogP) is 4.19. The fourth-order valence-electron chi connectivity index (χ4n) is 2.90. The Labute approximate surface area is 134 Å². The van der Waals surface area contributed by atoms with Crippen molar-refractivity contribution in [3.05, 3.63) is 47.8 Å². The zero-order valence-electron chi connectivity index (χ0n) is 13.4. The number of aryl methyl sites for hydroxylation is 2. The summed E-state index contributed by atoms with van der Waals surface area (Å²) in [7, 11) is 0. The molecule has 23 heavy (non-hydrogen) atoms. The van der Waals surface area contributed by atoms with Gasteiger partial charge in [-0.05, 0) is 50.6 Å². The first-order valence-electron chi connectivity index (χ1n) is 7.76. The number of oxazole rings is 1. The molecule has 5 heteroatoms. The molecular weight excluding hydrogens is 288 g/mol. The molecule has 3 heterocycles. The highest BCUT2D eigenvalue weighted by atomic mass is 16.4. The van der Waals surface area contributed by atoms with E-state index in [0.29, 0.717) is 6.01 Å². The lowest BCUT2D eigenvalue weighted by molar-refractivity contribution is 0.616. The van der Waals surface area contributed by atoms with Crippen molar-refractivity contribution in [1.82, 2.24) is 14.4 Å². The van der Waals surface area contributed by atoms with E-state index in [2.05, 4.69) is 34.6 Å². The second kappa shape index (κ2) is 5.12. The van der Waals surface area contributed by atoms with Gasteiger partial charge in [0.25, 0.3) is 6.01 Å². The Morgan fingerprint density at radius 1 is 1.17 bits per heavy atom. The van der Waals surface area contributed by atoms with Gasteiger partial charge < -0.3 is 14.1 Å². The molecule has 0 spiro atoms.